The highest BCUT2D eigenvalue weighted by Gasteiger charge is 2.15. The number of hydrazone groups is 1. The molecule has 0 saturated carbocycles. The van der Waals surface area contributed by atoms with Gasteiger partial charge in [0.15, 0.2) is 6.61 Å². The molecule has 1 amide bonds. The minimum absolute atomic E-state index is 0.0830. The van der Waals surface area contributed by atoms with Gasteiger partial charge in [-0.2, -0.15) is 5.10 Å². The zero-order valence-electron chi connectivity index (χ0n) is 18.6. The van der Waals surface area contributed by atoms with Crippen molar-refractivity contribution in [2.75, 3.05) is 13.7 Å². The van der Waals surface area contributed by atoms with E-state index in [1.165, 1.54) is 31.0 Å². The second-order valence-corrected chi connectivity index (χ2v) is 7.30. The van der Waals surface area contributed by atoms with Gasteiger partial charge in [0.2, 0.25) is 0 Å². The van der Waals surface area contributed by atoms with Gasteiger partial charge in [-0.1, -0.05) is 26.0 Å². The standard InChI is InChI=1S/C24H25N3O6/c1-4-16(2)17-5-8-19(9-6-17)32-15-24(28)26-25-14-20-10-12-22(33-20)21-11-7-18(27(29)30)13-23(21)31-3/h5-14,16H,4,15H2,1-3H3,(H,26,28)/b25-14+/t16-/m0/s1. The fourth-order valence-electron chi connectivity index (χ4n) is 3.04. The number of nitro groups is 1. The molecule has 0 unspecified atom stereocenters. The van der Waals surface area contributed by atoms with E-state index in [-0.39, 0.29) is 12.3 Å². The van der Waals surface area contributed by atoms with Gasteiger partial charge >= 0.3 is 0 Å². The first kappa shape index (κ1) is 23.5. The summed E-state index contributed by atoms with van der Waals surface area (Å²) < 4.78 is 16.4. The Hall–Kier alpha value is -4.14. The highest BCUT2D eigenvalue weighted by Crippen LogP contribution is 2.34. The Morgan fingerprint density at radius 1 is 1.21 bits per heavy atom. The molecule has 0 fully saturated rings. The number of benzene rings is 2. The van der Waals surface area contributed by atoms with Crippen LogP contribution in [-0.2, 0) is 4.79 Å². The average molecular weight is 451 g/mol. The molecular formula is C24H25N3O6. The molecule has 9 nitrogen and oxygen atoms in total. The third-order valence-electron chi connectivity index (χ3n) is 5.10. The van der Waals surface area contributed by atoms with E-state index in [1.54, 1.807) is 18.2 Å². The largest absolute Gasteiger partial charge is 0.496 e. The lowest BCUT2D eigenvalue weighted by atomic mass is 9.99. The van der Waals surface area contributed by atoms with E-state index < -0.39 is 10.8 Å². The summed E-state index contributed by atoms with van der Waals surface area (Å²) in [5, 5.41) is 14.8. The fraction of sp³-hybridized carbons (Fsp3) is 0.250. The van der Waals surface area contributed by atoms with Crippen molar-refractivity contribution in [3.63, 3.8) is 0 Å². The van der Waals surface area contributed by atoms with Crippen LogP contribution in [0, 0.1) is 10.1 Å². The first-order valence-electron chi connectivity index (χ1n) is 10.4. The number of nitrogens with one attached hydrogen (secondary N) is 1. The maximum atomic E-state index is 12.0. The number of hydrogen-bond acceptors (Lipinski definition) is 7. The monoisotopic (exact) mass is 451 g/mol. The SMILES string of the molecule is CC[C@H](C)c1ccc(OCC(=O)N/N=C/c2ccc(-c3ccc([N+](=O)[O-])cc3OC)o2)cc1. The predicted octanol–water partition coefficient (Wildman–Crippen LogP) is 4.91. The number of furan rings is 1. The predicted molar refractivity (Wildman–Crippen MR) is 124 cm³/mol. The quantitative estimate of drug-likeness (QED) is 0.266. The molecule has 172 valence electrons. The van der Waals surface area contributed by atoms with Gasteiger partial charge in [0.1, 0.15) is 23.0 Å². The Labute approximate surface area is 191 Å². The molecule has 0 aliphatic heterocycles. The molecule has 0 saturated heterocycles. The van der Waals surface area contributed by atoms with Gasteiger partial charge in [-0.3, -0.25) is 14.9 Å². The molecule has 1 heterocycles. The molecule has 3 rings (SSSR count). The van der Waals surface area contributed by atoms with Gasteiger partial charge in [-0.05, 0) is 48.2 Å². The molecule has 0 aliphatic rings. The first-order chi connectivity index (χ1) is 15.9. The molecule has 0 bridgehead atoms. The van der Waals surface area contributed by atoms with Crippen LogP contribution in [0.1, 0.15) is 37.5 Å². The number of nitrogens with zero attached hydrogens (tertiary/aromatic N) is 2. The smallest absolute Gasteiger partial charge is 0.277 e. The summed E-state index contributed by atoms with van der Waals surface area (Å²) in [5.41, 5.74) is 4.07. The Kier molecular flexibility index (Phi) is 7.80. The third kappa shape index (κ3) is 6.19. The van der Waals surface area contributed by atoms with Crippen LogP contribution in [0.2, 0.25) is 0 Å². The molecule has 1 N–H and O–H groups in total. The normalized spacial score (nSPS) is 11.8. The van der Waals surface area contributed by atoms with Gasteiger partial charge in [0.25, 0.3) is 11.6 Å². The van der Waals surface area contributed by atoms with Gasteiger partial charge in [0, 0.05) is 6.07 Å². The number of ether oxygens (including phenoxy) is 2. The fourth-order valence-corrected chi connectivity index (χ4v) is 3.04. The molecule has 1 aromatic heterocycles. The molecule has 2 aromatic carbocycles. The molecule has 0 radical (unpaired) electrons. The van der Waals surface area contributed by atoms with Crippen LogP contribution in [-0.4, -0.2) is 30.8 Å². The van der Waals surface area contributed by atoms with Crippen molar-refractivity contribution < 1.29 is 23.6 Å². The lowest BCUT2D eigenvalue weighted by Gasteiger charge is -2.10. The van der Waals surface area contributed by atoms with Crippen LogP contribution >= 0.6 is 0 Å². The molecule has 33 heavy (non-hydrogen) atoms. The summed E-state index contributed by atoms with van der Waals surface area (Å²) in [6, 6.07) is 15.2. The molecule has 3 aromatic rings. The summed E-state index contributed by atoms with van der Waals surface area (Å²) in [7, 11) is 1.42. The minimum Gasteiger partial charge on any atom is -0.496 e. The van der Waals surface area contributed by atoms with E-state index in [9.17, 15) is 14.9 Å². The molecule has 0 spiro atoms. The third-order valence-corrected chi connectivity index (χ3v) is 5.10. The van der Waals surface area contributed by atoms with Crippen molar-refractivity contribution >= 4 is 17.8 Å². The lowest BCUT2D eigenvalue weighted by molar-refractivity contribution is -0.384. The van der Waals surface area contributed by atoms with E-state index in [4.69, 9.17) is 13.9 Å². The molecule has 9 heteroatoms. The van der Waals surface area contributed by atoms with Crippen molar-refractivity contribution in [2.45, 2.75) is 26.2 Å². The number of nitro benzene ring substituents is 1. The number of hydrogen-bond donors (Lipinski definition) is 1. The summed E-state index contributed by atoms with van der Waals surface area (Å²) >= 11 is 0. The van der Waals surface area contributed by atoms with Crippen molar-refractivity contribution in [3.8, 4) is 22.8 Å². The minimum atomic E-state index is -0.499. The summed E-state index contributed by atoms with van der Waals surface area (Å²) in [6.45, 7) is 4.12. The van der Waals surface area contributed by atoms with Gasteiger partial charge in [0.05, 0.1) is 29.9 Å². The Morgan fingerprint density at radius 3 is 2.64 bits per heavy atom. The molecular weight excluding hydrogens is 426 g/mol. The number of methoxy groups -OCH3 is 1. The van der Waals surface area contributed by atoms with E-state index in [2.05, 4.69) is 24.4 Å². The second-order valence-electron chi connectivity index (χ2n) is 7.30. The highest BCUT2D eigenvalue weighted by molar-refractivity contribution is 5.82. The topological polar surface area (TPSA) is 116 Å². The van der Waals surface area contributed by atoms with Gasteiger partial charge in [-0.15, -0.1) is 0 Å². The first-order valence-corrected chi connectivity index (χ1v) is 10.4. The van der Waals surface area contributed by atoms with E-state index >= 15 is 0 Å². The number of carbonyl (C=O) groups is 1. The lowest BCUT2D eigenvalue weighted by Crippen LogP contribution is -2.24. The number of carbonyl (C=O) groups excluding carboxylic acids is 1. The van der Waals surface area contributed by atoms with Crippen LogP contribution in [0.25, 0.3) is 11.3 Å². The van der Waals surface area contributed by atoms with Crippen LogP contribution in [0.3, 0.4) is 0 Å². The average Bonchev–Trinajstić information content (AvgIpc) is 3.30. The van der Waals surface area contributed by atoms with Crippen LogP contribution in [0.5, 0.6) is 11.5 Å². The number of rotatable bonds is 10. The Balaban J connectivity index is 1.54. The summed E-state index contributed by atoms with van der Waals surface area (Å²) in [6.07, 6.45) is 2.40. The Bertz CT molecular complexity index is 1140. The van der Waals surface area contributed by atoms with Crippen LogP contribution in [0.15, 0.2) is 64.1 Å². The summed E-state index contributed by atoms with van der Waals surface area (Å²) in [4.78, 5) is 22.4. The molecule has 1 atom stereocenters. The van der Waals surface area contributed by atoms with Gasteiger partial charge < -0.3 is 13.9 Å². The number of non-ortho nitro benzene ring substituents is 1. The van der Waals surface area contributed by atoms with Crippen LogP contribution < -0.4 is 14.9 Å². The van der Waals surface area contributed by atoms with E-state index in [0.29, 0.717) is 34.5 Å². The van der Waals surface area contributed by atoms with Crippen molar-refractivity contribution in [3.05, 3.63) is 76.0 Å². The van der Waals surface area contributed by atoms with E-state index in [1.807, 2.05) is 24.3 Å². The maximum Gasteiger partial charge on any atom is 0.277 e. The van der Waals surface area contributed by atoms with E-state index in [0.717, 1.165) is 6.42 Å². The zero-order chi connectivity index (χ0) is 23.8. The summed E-state index contributed by atoms with van der Waals surface area (Å²) in [5.74, 6) is 1.80. The maximum absolute atomic E-state index is 12.0. The van der Waals surface area contributed by atoms with Gasteiger partial charge in [-0.25, -0.2) is 5.43 Å². The molecule has 0 aliphatic carbocycles. The van der Waals surface area contributed by atoms with Crippen LogP contribution in [0.4, 0.5) is 5.69 Å². The highest BCUT2D eigenvalue weighted by atomic mass is 16.6. The Morgan fingerprint density at radius 2 is 1.97 bits per heavy atom. The van der Waals surface area contributed by atoms with Crippen molar-refractivity contribution in [1.82, 2.24) is 5.43 Å². The van der Waals surface area contributed by atoms with Crippen molar-refractivity contribution in [1.29, 1.82) is 0 Å². The second kappa shape index (κ2) is 10.9. The van der Waals surface area contributed by atoms with Crippen molar-refractivity contribution in [2.24, 2.45) is 5.10 Å². The number of amides is 1. The zero-order valence-corrected chi connectivity index (χ0v) is 18.6.